The number of methoxy groups -OCH3 is 2. The summed E-state index contributed by atoms with van der Waals surface area (Å²) < 4.78 is 36.1. The number of halogens is 2. The van der Waals surface area contributed by atoms with Crippen LogP contribution in [0.25, 0.3) is 5.57 Å². The number of aromatic nitrogens is 1. The Bertz CT molecular complexity index is 1230. The molecule has 190 valence electrons. The maximum atomic E-state index is 13.8. The molecule has 2 heterocycles. The predicted molar refractivity (Wildman–Crippen MR) is 135 cm³/mol. The number of rotatable bonds is 11. The molecule has 36 heavy (non-hydrogen) atoms. The van der Waals surface area contributed by atoms with Crippen molar-refractivity contribution in [3.8, 4) is 17.2 Å². The lowest BCUT2D eigenvalue weighted by Crippen LogP contribution is -2.33. The number of hydrogen-bond acceptors (Lipinski definition) is 6. The molecule has 1 aromatic carbocycles. The van der Waals surface area contributed by atoms with Gasteiger partial charge in [-0.2, -0.15) is 0 Å². The molecule has 1 amide bonds. The predicted octanol–water partition coefficient (Wildman–Crippen LogP) is 5.30. The van der Waals surface area contributed by atoms with Crippen molar-refractivity contribution in [3.63, 3.8) is 0 Å². The Morgan fingerprint density at radius 3 is 2.53 bits per heavy atom. The van der Waals surface area contributed by atoms with E-state index in [-0.39, 0.29) is 23.6 Å². The lowest BCUT2D eigenvalue weighted by Gasteiger charge is -2.16. The first-order valence-corrected chi connectivity index (χ1v) is 11.9. The van der Waals surface area contributed by atoms with Crippen LogP contribution in [-0.2, 0) is 10.3 Å². The molecule has 1 aromatic heterocycles. The zero-order chi connectivity index (χ0) is 25.9. The number of carbonyl (C=O) groups excluding carboxylic acids is 1. The van der Waals surface area contributed by atoms with Crippen LogP contribution in [-0.4, -0.2) is 44.4 Å². The highest BCUT2D eigenvalue weighted by molar-refractivity contribution is 6.29. The van der Waals surface area contributed by atoms with Gasteiger partial charge in [-0.05, 0) is 61.7 Å². The lowest BCUT2D eigenvalue weighted by atomic mass is 10.0. The summed E-state index contributed by atoms with van der Waals surface area (Å²) in [5.74, 6) is 0.762. The fourth-order valence-electron chi connectivity index (χ4n) is 3.49. The standard InChI is InChI=1S/C27H28ClFN2O5/c1-16(5-9-20(29)17(2)28)25-22(33-3)11-12-24(31-25)27(15-35-27)14-30-26(32)18-6-10-21(23(13-18)34-4)36-19-7-8-19/h5-6,9-13,19H,1,7-8,14-15H2,2-4H3,(H,30,32). The van der Waals surface area contributed by atoms with Crippen molar-refractivity contribution in [2.45, 2.75) is 31.5 Å². The number of nitrogens with zero attached hydrogens (tertiary/aromatic N) is 1. The molecule has 0 spiro atoms. The summed E-state index contributed by atoms with van der Waals surface area (Å²) in [6, 6.07) is 8.62. The van der Waals surface area contributed by atoms with Crippen LogP contribution in [0, 0.1) is 0 Å². The average Bonchev–Trinajstić information content (AvgIpc) is 3.82. The number of hydrogen-bond donors (Lipinski definition) is 1. The van der Waals surface area contributed by atoms with Crippen molar-refractivity contribution < 1.29 is 28.1 Å². The summed E-state index contributed by atoms with van der Waals surface area (Å²) in [5.41, 5.74) is 1.13. The Labute approximate surface area is 214 Å². The van der Waals surface area contributed by atoms with Gasteiger partial charge in [0.05, 0.1) is 44.2 Å². The van der Waals surface area contributed by atoms with Gasteiger partial charge in [0.2, 0.25) is 0 Å². The summed E-state index contributed by atoms with van der Waals surface area (Å²) in [6.07, 6.45) is 4.97. The third-order valence-corrected chi connectivity index (χ3v) is 6.06. The van der Waals surface area contributed by atoms with Gasteiger partial charge in [-0.15, -0.1) is 0 Å². The quantitative estimate of drug-likeness (QED) is 0.323. The first kappa shape index (κ1) is 25.7. The van der Waals surface area contributed by atoms with Crippen molar-refractivity contribution >= 4 is 23.1 Å². The monoisotopic (exact) mass is 514 g/mol. The molecule has 1 unspecified atom stereocenters. The van der Waals surface area contributed by atoms with E-state index in [1.165, 1.54) is 26.2 Å². The summed E-state index contributed by atoms with van der Waals surface area (Å²) in [5, 5.41) is 2.95. The molecule has 2 aliphatic rings. The van der Waals surface area contributed by atoms with Crippen molar-refractivity contribution in [3.05, 3.63) is 76.9 Å². The Hall–Kier alpha value is -3.36. The minimum absolute atomic E-state index is 0.0384. The molecular formula is C27H28ClFN2O5. The Morgan fingerprint density at radius 2 is 1.92 bits per heavy atom. The second-order valence-electron chi connectivity index (χ2n) is 8.64. The molecule has 9 heteroatoms. The van der Waals surface area contributed by atoms with Crippen molar-refractivity contribution in [1.29, 1.82) is 0 Å². The average molecular weight is 515 g/mol. The maximum Gasteiger partial charge on any atom is 0.251 e. The highest BCUT2D eigenvalue weighted by Crippen LogP contribution is 2.39. The zero-order valence-corrected chi connectivity index (χ0v) is 21.2. The number of pyridine rings is 1. The van der Waals surface area contributed by atoms with E-state index in [9.17, 15) is 9.18 Å². The van der Waals surface area contributed by atoms with Crippen LogP contribution in [0.2, 0.25) is 0 Å². The number of epoxide rings is 1. The molecule has 1 saturated carbocycles. The van der Waals surface area contributed by atoms with Gasteiger partial charge in [-0.3, -0.25) is 4.79 Å². The molecule has 1 saturated heterocycles. The normalized spacial score (nSPS) is 19.5. The van der Waals surface area contributed by atoms with Crippen LogP contribution in [0.15, 0.2) is 59.9 Å². The molecule has 0 bridgehead atoms. The van der Waals surface area contributed by atoms with Crippen molar-refractivity contribution in [2.75, 3.05) is 27.4 Å². The molecule has 2 aromatic rings. The van der Waals surface area contributed by atoms with Gasteiger partial charge in [0.25, 0.3) is 5.91 Å². The second-order valence-corrected chi connectivity index (χ2v) is 9.20. The molecule has 2 fully saturated rings. The van der Waals surface area contributed by atoms with Gasteiger partial charge >= 0.3 is 0 Å². The van der Waals surface area contributed by atoms with Crippen LogP contribution in [0.1, 0.15) is 41.5 Å². The van der Waals surface area contributed by atoms with E-state index in [4.69, 9.17) is 30.5 Å². The second kappa shape index (κ2) is 10.7. The van der Waals surface area contributed by atoms with Crippen LogP contribution < -0.4 is 19.5 Å². The third-order valence-electron chi connectivity index (χ3n) is 5.88. The first-order valence-electron chi connectivity index (χ1n) is 11.5. The molecule has 4 rings (SSSR count). The van der Waals surface area contributed by atoms with E-state index < -0.39 is 11.4 Å². The Morgan fingerprint density at radius 1 is 1.22 bits per heavy atom. The minimum Gasteiger partial charge on any atom is -0.494 e. The number of amides is 1. The van der Waals surface area contributed by atoms with Gasteiger partial charge in [0.1, 0.15) is 17.3 Å². The summed E-state index contributed by atoms with van der Waals surface area (Å²) in [7, 11) is 3.06. The van der Waals surface area contributed by atoms with Crippen molar-refractivity contribution in [2.24, 2.45) is 0 Å². The molecule has 0 radical (unpaired) electrons. The van der Waals surface area contributed by atoms with Crippen LogP contribution in [0.4, 0.5) is 4.39 Å². The Kier molecular flexibility index (Phi) is 7.66. The van der Waals surface area contributed by atoms with E-state index in [0.717, 1.165) is 12.8 Å². The summed E-state index contributed by atoms with van der Waals surface area (Å²) in [6.45, 7) is 6.02. The van der Waals surface area contributed by atoms with E-state index in [1.54, 1.807) is 37.4 Å². The maximum absolute atomic E-state index is 13.8. The number of allylic oxidation sites excluding steroid dienone is 5. The smallest absolute Gasteiger partial charge is 0.251 e. The Balaban J connectivity index is 1.47. The number of ether oxygens (including phenoxy) is 4. The van der Waals surface area contributed by atoms with Gasteiger partial charge in [-0.1, -0.05) is 24.3 Å². The van der Waals surface area contributed by atoms with Crippen LogP contribution in [0.3, 0.4) is 0 Å². The zero-order valence-electron chi connectivity index (χ0n) is 20.4. The fourth-order valence-corrected chi connectivity index (χ4v) is 3.55. The highest BCUT2D eigenvalue weighted by atomic mass is 35.5. The van der Waals surface area contributed by atoms with Gasteiger partial charge in [-0.25, -0.2) is 9.37 Å². The minimum atomic E-state index is -0.780. The number of benzene rings is 1. The SMILES string of the molecule is C=C(C=CC(F)=C(C)Cl)c1nc(C2(CNC(=O)c3ccc(OC4CC4)c(OC)c3)CO2)ccc1OC. The number of carbonyl (C=O) groups is 1. The topological polar surface area (TPSA) is 82.2 Å². The van der Waals surface area contributed by atoms with Gasteiger partial charge in [0, 0.05) is 5.56 Å². The molecule has 1 aliphatic heterocycles. The van der Waals surface area contributed by atoms with Crippen molar-refractivity contribution in [1.82, 2.24) is 10.3 Å². The van der Waals surface area contributed by atoms with E-state index in [2.05, 4.69) is 16.9 Å². The number of nitrogens with one attached hydrogen (secondary N) is 1. The van der Waals surface area contributed by atoms with Crippen LogP contribution in [0.5, 0.6) is 17.2 Å². The lowest BCUT2D eigenvalue weighted by molar-refractivity contribution is 0.0940. The van der Waals surface area contributed by atoms with E-state index >= 15 is 0 Å². The highest BCUT2D eigenvalue weighted by Gasteiger charge is 2.48. The van der Waals surface area contributed by atoms with Gasteiger partial charge < -0.3 is 24.3 Å². The fraction of sp³-hybridized carbons (Fsp3) is 0.333. The molecule has 1 atom stereocenters. The third kappa shape index (κ3) is 5.88. The summed E-state index contributed by atoms with van der Waals surface area (Å²) >= 11 is 5.68. The van der Waals surface area contributed by atoms with Gasteiger partial charge in [0.15, 0.2) is 17.1 Å². The largest absolute Gasteiger partial charge is 0.494 e. The summed E-state index contributed by atoms with van der Waals surface area (Å²) in [4.78, 5) is 17.5. The van der Waals surface area contributed by atoms with E-state index in [1.807, 2.05) is 0 Å². The molecule has 1 aliphatic carbocycles. The molecular weight excluding hydrogens is 487 g/mol. The van der Waals surface area contributed by atoms with E-state index in [0.29, 0.717) is 46.4 Å². The molecule has 1 N–H and O–H groups in total. The molecule has 7 nitrogen and oxygen atoms in total. The van der Waals surface area contributed by atoms with Crippen LogP contribution >= 0.6 is 11.6 Å². The first-order chi connectivity index (χ1) is 17.3.